The van der Waals surface area contributed by atoms with Gasteiger partial charge in [-0.3, -0.25) is 4.79 Å². The minimum Gasteiger partial charge on any atom is -0.341 e. The number of rotatable bonds is 4. The van der Waals surface area contributed by atoms with Gasteiger partial charge in [0.15, 0.2) is 9.84 Å². The van der Waals surface area contributed by atoms with Gasteiger partial charge in [-0.05, 0) is 17.7 Å². The van der Waals surface area contributed by atoms with Crippen LogP contribution in [0.3, 0.4) is 0 Å². The fourth-order valence-electron chi connectivity index (χ4n) is 1.34. The average Bonchev–Trinajstić information content (AvgIpc) is 2.24. The molecule has 1 amide bonds. The van der Waals surface area contributed by atoms with Crippen molar-refractivity contribution < 1.29 is 13.2 Å². The number of hydrogen-bond donors (Lipinski definition) is 1. The second-order valence-corrected chi connectivity index (χ2v) is 5.80. The molecule has 0 saturated carbocycles. The van der Waals surface area contributed by atoms with Gasteiger partial charge in [-0.15, -0.1) is 6.42 Å². The summed E-state index contributed by atoms with van der Waals surface area (Å²) >= 11 is 0. The number of nitrogens with one attached hydrogen (secondary N) is 1. The van der Waals surface area contributed by atoms with Crippen LogP contribution in [0, 0.1) is 12.3 Å². The number of hydrogen-bond acceptors (Lipinski definition) is 3. The normalized spacial score (nSPS) is 10.6. The maximum Gasteiger partial charge on any atom is 0.252 e. The lowest BCUT2D eigenvalue weighted by Crippen LogP contribution is -2.23. The van der Waals surface area contributed by atoms with Crippen LogP contribution in [0.15, 0.2) is 24.3 Å². The van der Waals surface area contributed by atoms with E-state index >= 15 is 0 Å². The first-order valence-corrected chi connectivity index (χ1v) is 6.97. The van der Waals surface area contributed by atoms with Crippen molar-refractivity contribution in [3.63, 3.8) is 0 Å². The summed E-state index contributed by atoms with van der Waals surface area (Å²) in [6.07, 6.45) is 6.17. The van der Waals surface area contributed by atoms with Crippen LogP contribution in [0.1, 0.15) is 15.9 Å². The van der Waals surface area contributed by atoms with E-state index in [-0.39, 0.29) is 18.2 Å². The van der Waals surface area contributed by atoms with Crippen LogP contribution >= 0.6 is 0 Å². The third-order valence-electron chi connectivity index (χ3n) is 1.97. The Balaban J connectivity index is 2.86. The molecule has 0 aliphatic heterocycles. The van der Waals surface area contributed by atoms with Crippen LogP contribution in [-0.4, -0.2) is 27.1 Å². The first-order valence-electron chi connectivity index (χ1n) is 4.91. The number of sulfone groups is 1. The Morgan fingerprint density at radius 1 is 1.47 bits per heavy atom. The molecule has 0 spiro atoms. The van der Waals surface area contributed by atoms with Gasteiger partial charge in [0.1, 0.15) is 0 Å². The molecule has 1 N–H and O–H groups in total. The molecule has 1 aromatic rings. The van der Waals surface area contributed by atoms with Crippen molar-refractivity contribution in [3.05, 3.63) is 35.4 Å². The molecule has 0 bridgehead atoms. The molecule has 1 aromatic carbocycles. The van der Waals surface area contributed by atoms with E-state index in [1.54, 1.807) is 24.3 Å². The van der Waals surface area contributed by atoms with E-state index in [0.29, 0.717) is 11.1 Å². The Labute approximate surface area is 101 Å². The van der Waals surface area contributed by atoms with Crippen molar-refractivity contribution in [2.75, 3.05) is 12.8 Å². The molecule has 1 rings (SSSR count). The summed E-state index contributed by atoms with van der Waals surface area (Å²) in [7, 11) is -3.10. The van der Waals surface area contributed by atoms with Crippen molar-refractivity contribution in [2.24, 2.45) is 0 Å². The smallest absolute Gasteiger partial charge is 0.252 e. The Kier molecular flexibility index (Phi) is 4.30. The zero-order chi connectivity index (χ0) is 12.9. The molecule has 0 unspecified atom stereocenters. The largest absolute Gasteiger partial charge is 0.341 e. The minimum absolute atomic E-state index is 0.0801. The van der Waals surface area contributed by atoms with Crippen molar-refractivity contribution in [2.45, 2.75) is 5.75 Å². The molecule has 0 aliphatic rings. The second kappa shape index (κ2) is 5.51. The van der Waals surface area contributed by atoms with Gasteiger partial charge in [0.2, 0.25) is 0 Å². The van der Waals surface area contributed by atoms with Gasteiger partial charge < -0.3 is 5.32 Å². The molecule has 0 atom stereocenters. The third-order valence-corrected chi connectivity index (χ3v) is 2.83. The van der Waals surface area contributed by atoms with Crippen LogP contribution in [0.25, 0.3) is 0 Å². The number of amides is 1. The molecule has 0 saturated heterocycles. The van der Waals surface area contributed by atoms with Gasteiger partial charge in [-0.1, -0.05) is 18.1 Å². The monoisotopic (exact) mass is 251 g/mol. The Hall–Kier alpha value is -1.80. The molecule has 4 nitrogen and oxygen atoms in total. The van der Waals surface area contributed by atoms with Gasteiger partial charge in [-0.2, -0.15) is 0 Å². The van der Waals surface area contributed by atoms with Crippen LogP contribution in [0.4, 0.5) is 0 Å². The third kappa shape index (κ3) is 4.70. The highest BCUT2D eigenvalue weighted by atomic mass is 32.2. The maximum absolute atomic E-state index is 11.6. The van der Waals surface area contributed by atoms with Gasteiger partial charge in [0.05, 0.1) is 12.3 Å². The summed E-state index contributed by atoms with van der Waals surface area (Å²) in [5.41, 5.74) is 0.988. The average molecular weight is 251 g/mol. The summed E-state index contributed by atoms with van der Waals surface area (Å²) in [5.74, 6) is 1.91. The number of terminal acetylenes is 1. The van der Waals surface area contributed by atoms with Crippen molar-refractivity contribution in [3.8, 4) is 12.3 Å². The van der Waals surface area contributed by atoms with Gasteiger partial charge in [-0.25, -0.2) is 8.42 Å². The highest BCUT2D eigenvalue weighted by Gasteiger charge is 2.08. The Morgan fingerprint density at radius 3 is 2.76 bits per heavy atom. The summed E-state index contributed by atoms with van der Waals surface area (Å²) < 4.78 is 22.3. The number of carbonyl (C=O) groups excluding carboxylic acids is 1. The first-order chi connectivity index (χ1) is 7.92. The quantitative estimate of drug-likeness (QED) is 0.797. The summed E-state index contributed by atoms with van der Waals surface area (Å²) in [5, 5.41) is 2.51. The first kappa shape index (κ1) is 13.3. The van der Waals surface area contributed by atoms with E-state index in [9.17, 15) is 13.2 Å². The summed E-state index contributed by atoms with van der Waals surface area (Å²) in [4.78, 5) is 11.6. The highest BCUT2D eigenvalue weighted by molar-refractivity contribution is 7.89. The second-order valence-electron chi connectivity index (χ2n) is 3.66. The summed E-state index contributed by atoms with van der Waals surface area (Å²) in [6.45, 7) is 0.148. The molecule has 17 heavy (non-hydrogen) atoms. The maximum atomic E-state index is 11.6. The Bertz CT molecular complexity index is 555. The van der Waals surface area contributed by atoms with E-state index in [1.807, 2.05) is 0 Å². The van der Waals surface area contributed by atoms with Crippen LogP contribution in [0.2, 0.25) is 0 Å². The molecule has 0 aromatic heterocycles. The zero-order valence-electron chi connectivity index (χ0n) is 9.43. The molecular formula is C12H13NO3S. The van der Waals surface area contributed by atoms with Crippen LogP contribution in [-0.2, 0) is 15.6 Å². The molecule has 0 aliphatic carbocycles. The lowest BCUT2D eigenvalue weighted by molar-refractivity contribution is 0.0958. The van der Waals surface area contributed by atoms with Crippen molar-refractivity contribution in [1.29, 1.82) is 0 Å². The minimum atomic E-state index is -3.10. The fraction of sp³-hybridized carbons (Fsp3) is 0.250. The molecule has 0 heterocycles. The van der Waals surface area contributed by atoms with E-state index in [4.69, 9.17) is 6.42 Å². The van der Waals surface area contributed by atoms with E-state index in [1.165, 1.54) is 0 Å². The molecular weight excluding hydrogens is 238 g/mol. The van der Waals surface area contributed by atoms with Crippen molar-refractivity contribution in [1.82, 2.24) is 5.32 Å². The molecule has 90 valence electrons. The fourth-order valence-corrected chi connectivity index (χ4v) is 2.12. The SMILES string of the molecule is C#CCNC(=O)c1cccc(CS(C)(=O)=O)c1. The molecule has 0 fully saturated rings. The predicted molar refractivity (Wildman–Crippen MR) is 66.2 cm³/mol. The van der Waals surface area contributed by atoms with Gasteiger partial charge >= 0.3 is 0 Å². The number of benzene rings is 1. The van der Waals surface area contributed by atoms with Gasteiger partial charge in [0, 0.05) is 11.8 Å². The lowest BCUT2D eigenvalue weighted by Gasteiger charge is -2.04. The van der Waals surface area contributed by atoms with Crippen molar-refractivity contribution >= 4 is 15.7 Å². The van der Waals surface area contributed by atoms with Crippen LogP contribution in [0.5, 0.6) is 0 Å². The zero-order valence-corrected chi connectivity index (χ0v) is 10.3. The van der Waals surface area contributed by atoms with E-state index in [2.05, 4.69) is 11.2 Å². The standard InChI is InChI=1S/C12H13NO3S/c1-3-7-13-12(14)11-6-4-5-10(8-11)9-17(2,15)16/h1,4-6,8H,7,9H2,2H3,(H,13,14). The number of carbonyl (C=O) groups is 1. The van der Waals surface area contributed by atoms with E-state index in [0.717, 1.165) is 6.26 Å². The lowest BCUT2D eigenvalue weighted by atomic mass is 10.1. The van der Waals surface area contributed by atoms with E-state index < -0.39 is 9.84 Å². The summed E-state index contributed by atoms with van der Waals surface area (Å²) in [6, 6.07) is 6.47. The molecule has 0 radical (unpaired) electrons. The topological polar surface area (TPSA) is 63.2 Å². The predicted octanol–water partition coefficient (Wildman–Crippen LogP) is 0.594. The Morgan fingerprint density at radius 2 is 2.18 bits per heavy atom. The molecule has 5 heteroatoms. The highest BCUT2D eigenvalue weighted by Crippen LogP contribution is 2.08. The van der Waals surface area contributed by atoms with Crippen LogP contribution < -0.4 is 5.32 Å². The van der Waals surface area contributed by atoms with Gasteiger partial charge in [0.25, 0.3) is 5.91 Å².